The Bertz CT molecular complexity index is 2680. The number of aliphatic hydroxyl groups excluding tert-OH is 12. The summed E-state index contributed by atoms with van der Waals surface area (Å²) in [4.78, 5) is 54.9. The van der Waals surface area contributed by atoms with Crippen LogP contribution in [0.15, 0.2) is 34.9 Å². The van der Waals surface area contributed by atoms with Crippen LogP contribution in [0, 0.1) is 50.2 Å². The molecule has 13 N–H and O–H groups in total. The van der Waals surface area contributed by atoms with E-state index in [2.05, 4.69) is 26.8 Å². The third-order valence-corrected chi connectivity index (χ3v) is 22.9. The Labute approximate surface area is 516 Å². The van der Waals surface area contributed by atoms with Crippen LogP contribution in [0.25, 0.3) is 0 Å². The lowest BCUT2D eigenvalue weighted by atomic mass is 9.33. The lowest BCUT2D eigenvalue weighted by Gasteiger charge is -2.72. The lowest BCUT2D eigenvalue weighted by molar-refractivity contribution is -0.398. The van der Waals surface area contributed by atoms with Gasteiger partial charge in [0.25, 0.3) is 0 Å². The molecule has 0 bridgehead atoms. The number of allylic oxidation sites excluding steroid dienone is 4. The molecular formula is C62H94O27. The maximum absolute atomic E-state index is 14.2. The molecule has 4 saturated carbocycles. The van der Waals surface area contributed by atoms with E-state index in [1.807, 2.05) is 13.8 Å². The van der Waals surface area contributed by atoms with Crippen LogP contribution in [0.3, 0.4) is 0 Å². The lowest BCUT2D eigenvalue weighted by Crippen LogP contribution is -2.72. The van der Waals surface area contributed by atoms with Crippen molar-refractivity contribution in [2.45, 2.75) is 249 Å². The van der Waals surface area contributed by atoms with Crippen molar-refractivity contribution in [3.63, 3.8) is 0 Å². The van der Waals surface area contributed by atoms with Gasteiger partial charge >= 0.3 is 17.9 Å². The highest BCUT2D eigenvalue weighted by Crippen LogP contribution is 2.76. The zero-order valence-electron chi connectivity index (χ0n) is 52.1. The van der Waals surface area contributed by atoms with E-state index in [0.29, 0.717) is 37.7 Å². The van der Waals surface area contributed by atoms with Crippen LogP contribution < -0.4 is 0 Å². The number of ether oxygens (including phenoxy) is 10. The molecule has 0 aromatic rings. The minimum absolute atomic E-state index is 0.106. The van der Waals surface area contributed by atoms with E-state index in [1.54, 1.807) is 46.8 Å². The fraction of sp³-hybridized carbons (Fsp3) is 0.839. The van der Waals surface area contributed by atoms with E-state index in [1.165, 1.54) is 0 Å². The monoisotopic (exact) mass is 1270 g/mol. The summed E-state index contributed by atoms with van der Waals surface area (Å²) in [6.45, 7) is 15.9. The van der Waals surface area contributed by atoms with Crippen molar-refractivity contribution in [2.24, 2.45) is 50.2 Å². The summed E-state index contributed by atoms with van der Waals surface area (Å²) < 4.78 is 60.9. The molecule has 9 aliphatic rings. The van der Waals surface area contributed by atoms with Gasteiger partial charge in [0, 0.05) is 16.6 Å². The van der Waals surface area contributed by atoms with Gasteiger partial charge in [0.1, 0.15) is 91.7 Å². The number of carbonyl (C=O) groups is 4. The summed E-state index contributed by atoms with van der Waals surface area (Å²) >= 11 is 0. The van der Waals surface area contributed by atoms with Crippen LogP contribution >= 0.6 is 0 Å². The predicted molar refractivity (Wildman–Crippen MR) is 302 cm³/mol. The maximum Gasteiger partial charge on any atom is 0.335 e. The van der Waals surface area contributed by atoms with Crippen molar-refractivity contribution < 1.29 is 133 Å². The highest BCUT2D eigenvalue weighted by Gasteiger charge is 2.74. The third-order valence-electron chi connectivity index (χ3n) is 22.9. The number of aldehydes is 1. The van der Waals surface area contributed by atoms with Crippen LogP contribution in [0.5, 0.6) is 0 Å². The Kier molecular flexibility index (Phi) is 20.4. The molecule has 27 heteroatoms. The van der Waals surface area contributed by atoms with Gasteiger partial charge in [-0.05, 0) is 107 Å². The Morgan fingerprint density at radius 1 is 0.629 bits per heavy atom. The van der Waals surface area contributed by atoms with Gasteiger partial charge in [-0.2, -0.15) is 0 Å². The zero-order valence-corrected chi connectivity index (χ0v) is 52.1. The fourth-order valence-corrected chi connectivity index (χ4v) is 17.1. The average molecular weight is 1270 g/mol. The Morgan fingerprint density at radius 3 is 1.81 bits per heavy atom. The second kappa shape index (κ2) is 26.0. The number of fused-ring (bicyclic) bond motifs is 7. The summed E-state index contributed by atoms with van der Waals surface area (Å²) in [5.41, 5.74) is -4.29. The Balaban J connectivity index is 1.06. The first-order valence-electron chi connectivity index (χ1n) is 31.0. The molecule has 0 aromatic heterocycles. The van der Waals surface area contributed by atoms with E-state index in [-0.39, 0.29) is 24.3 Å². The molecule has 0 radical (unpaired) electrons. The van der Waals surface area contributed by atoms with Gasteiger partial charge in [0.2, 0.25) is 0 Å². The van der Waals surface area contributed by atoms with E-state index < -0.39 is 224 Å². The number of hydrogen-bond donors (Lipinski definition) is 13. The van der Waals surface area contributed by atoms with Crippen molar-refractivity contribution in [3.05, 3.63) is 34.9 Å². The summed E-state index contributed by atoms with van der Waals surface area (Å²) in [7, 11) is 0. The topological polar surface area (TPSA) is 424 Å². The number of aliphatic hydroxyl groups is 12. The zero-order chi connectivity index (χ0) is 65.6. The molecule has 504 valence electrons. The van der Waals surface area contributed by atoms with Crippen LogP contribution in [0.4, 0.5) is 0 Å². The number of carboxylic acid groups (broad SMARTS) is 1. The second-order valence-corrected chi connectivity index (χ2v) is 28.0. The summed E-state index contributed by atoms with van der Waals surface area (Å²) in [5, 5.41) is 144. The van der Waals surface area contributed by atoms with Gasteiger partial charge in [-0.25, -0.2) is 14.4 Å². The molecule has 8 fully saturated rings. The summed E-state index contributed by atoms with van der Waals surface area (Å²) in [6.07, 6.45) is -31.0. The van der Waals surface area contributed by atoms with Gasteiger partial charge in [-0.1, -0.05) is 65.3 Å². The number of hydrogen-bond acceptors (Lipinski definition) is 26. The fourth-order valence-electron chi connectivity index (χ4n) is 17.1. The van der Waals surface area contributed by atoms with Crippen LogP contribution in [-0.2, 0) is 66.5 Å². The molecular weight excluding hydrogens is 1180 g/mol. The van der Waals surface area contributed by atoms with E-state index >= 15 is 0 Å². The second-order valence-electron chi connectivity index (χ2n) is 28.0. The van der Waals surface area contributed by atoms with Crippen LogP contribution in [0.1, 0.15) is 114 Å². The average Bonchev–Trinajstić information content (AvgIpc) is 0.672. The third kappa shape index (κ3) is 11.6. The van der Waals surface area contributed by atoms with E-state index in [0.717, 1.165) is 11.9 Å². The minimum atomic E-state index is -2.28. The highest BCUT2D eigenvalue weighted by atomic mass is 16.8. The first-order chi connectivity index (χ1) is 41.7. The van der Waals surface area contributed by atoms with Crippen LogP contribution in [-0.4, -0.2) is 252 Å². The van der Waals surface area contributed by atoms with Crippen molar-refractivity contribution in [3.8, 4) is 0 Å². The number of esters is 2. The maximum atomic E-state index is 14.2. The Hall–Kier alpha value is -3.50. The number of carbonyl (C=O) groups excluding carboxylic acids is 3. The normalized spacial score (nSPS) is 50.0. The molecule has 9 rings (SSSR count). The first kappa shape index (κ1) is 69.8. The van der Waals surface area contributed by atoms with Gasteiger partial charge in [-0.3, -0.25) is 0 Å². The SMILES string of the molecule is C/C=C(/C)C(=O)O[C@H]1[C@H](OC(=O)/C(C)=C/C)C(C)(C)C[C@H]2C3=CC[C@@H]4[C@@]5(C)CC[C@H](O[C@@H]6O[C@H](C(=O)O)[C@@H](O)[C@H](O[C@@H]7OC[C@H](O)[C@H](O)[C@H]7O[C@@H]7OC[C@@H](O)[C@H](O)[C@H]7O)[C@H]6O[C@@H]6O[C@H](CO)[C@H](O)[C@H](O)[C@H]6O)[C@@](C)(C=O)[C@@H]5CC[C@@]4(C)[C@]3(C)C[C@@H](O)[C@]21CO. The molecule has 89 heavy (non-hydrogen) atoms. The number of carboxylic acids is 1. The summed E-state index contributed by atoms with van der Waals surface area (Å²) in [5.74, 6) is -4.31. The quantitative estimate of drug-likeness (QED) is 0.0288. The smallest absolute Gasteiger partial charge is 0.335 e. The molecule has 0 spiro atoms. The molecule has 5 aliphatic carbocycles. The molecule has 4 saturated heterocycles. The molecule has 0 amide bonds. The van der Waals surface area contributed by atoms with E-state index in [4.69, 9.17) is 47.4 Å². The van der Waals surface area contributed by atoms with Crippen molar-refractivity contribution >= 4 is 24.2 Å². The molecule has 0 aromatic carbocycles. The number of aliphatic carboxylic acids is 1. The Morgan fingerprint density at radius 2 is 1.21 bits per heavy atom. The van der Waals surface area contributed by atoms with Gasteiger partial charge in [-0.15, -0.1) is 0 Å². The molecule has 4 heterocycles. The number of rotatable bonds is 16. The van der Waals surface area contributed by atoms with Gasteiger partial charge in [0.05, 0.1) is 49.5 Å². The largest absolute Gasteiger partial charge is 0.479 e. The van der Waals surface area contributed by atoms with Crippen molar-refractivity contribution in [1.29, 1.82) is 0 Å². The van der Waals surface area contributed by atoms with Gasteiger partial charge in [0.15, 0.2) is 37.4 Å². The van der Waals surface area contributed by atoms with Gasteiger partial charge < -0.3 is 119 Å². The molecule has 4 aliphatic heterocycles. The van der Waals surface area contributed by atoms with Crippen molar-refractivity contribution in [1.82, 2.24) is 0 Å². The predicted octanol–water partition coefficient (Wildman–Crippen LogP) is -1.07. The molecule has 27 nitrogen and oxygen atoms in total. The van der Waals surface area contributed by atoms with Crippen molar-refractivity contribution in [2.75, 3.05) is 26.4 Å². The highest BCUT2D eigenvalue weighted by molar-refractivity contribution is 5.89. The first-order valence-corrected chi connectivity index (χ1v) is 31.0. The minimum Gasteiger partial charge on any atom is -0.479 e. The van der Waals surface area contributed by atoms with E-state index in [9.17, 15) is 85.6 Å². The summed E-state index contributed by atoms with van der Waals surface area (Å²) in [6, 6.07) is 0. The molecule has 30 atom stereocenters. The molecule has 0 unspecified atom stereocenters. The van der Waals surface area contributed by atoms with Crippen LogP contribution in [0.2, 0.25) is 0 Å². The standard InChI is InChI=1S/C62H94O27/c1-11-26(3)51(78)88-48-49(89-52(79)27(4)12-2)62(25-65)29(19-57(48,5)6)28-13-14-34-58(7)17-16-36(59(8,24-64)33(58)15-18-60(34,9)61(28,10)20-35(62)68)83-56-47(87-54-42(74)40(72)39(71)32(21-63)82-54)44(43(75)45(85-56)50(76)77)84-55-46(38(70)31(67)23-81-55)86-53-41(73)37(69)30(66)22-80-53/h11-13,24,29-49,53-56,63,65-75H,14-23,25H2,1-10H3,(H,76,77)/b26-11+,27-12-/t29-,30+,31-,32+,33+,34+,35+,36-,37-,38-,39-,40-,41+,42+,43-,44-,45-,46+,47+,48-,49-,53-,54-,55-,56+,58-,59-,60+,61+,62-/m0/s1.